The van der Waals surface area contributed by atoms with Crippen LogP contribution in [0.5, 0.6) is 0 Å². The van der Waals surface area contributed by atoms with E-state index in [1.165, 1.54) is 6.07 Å². The molecule has 4 heteroatoms. The molecular weight excluding hydrogens is 235 g/mol. The summed E-state index contributed by atoms with van der Waals surface area (Å²) in [5.74, 6) is -0.394. The molecule has 2 aromatic carbocycles. The summed E-state index contributed by atoms with van der Waals surface area (Å²) in [6, 6.07) is 12.6. The highest BCUT2D eigenvalue weighted by molar-refractivity contribution is 7.21. The van der Waals surface area contributed by atoms with Gasteiger partial charge in [-0.15, -0.1) is 11.3 Å². The molecule has 3 rings (SSSR count). The van der Waals surface area contributed by atoms with Gasteiger partial charge in [-0.1, -0.05) is 12.1 Å². The highest BCUT2D eigenvalue weighted by Gasteiger charge is 2.07. The topological polar surface area (TPSA) is 38.9 Å². The molecule has 84 valence electrons. The number of anilines is 1. The number of hydrogen-bond donors (Lipinski definition) is 1. The third-order valence-corrected chi connectivity index (χ3v) is 3.62. The van der Waals surface area contributed by atoms with Crippen LogP contribution in [0.2, 0.25) is 0 Å². The Morgan fingerprint density at radius 3 is 2.71 bits per heavy atom. The maximum atomic E-state index is 13.1. The number of nitrogens with zero attached hydrogens (tertiary/aromatic N) is 1. The number of benzene rings is 2. The van der Waals surface area contributed by atoms with Gasteiger partial charge in [0.2, 0.25) is 0 Å². The van der Waals surface area contributed by atoms with Gasteiger partial charge in [-0.05, 0) is 30.3 Å². The van der Waals surface area contributed by atoms with Crippen LogP contribution in [0.25, 0.3) is 20.8 Å². The van der Waals surface area contributed by atoms with Crippen molar-refractivity contribution in [3.63, 3.8) is 0 Å². The molecule has 3 aromatic rings. The fourth-order valence-electron chi connectivity index (χ4n) is 1.67. The number of thiazole rings is 1. The van der Waals surface area contributed by atoms with Crippen molar-refractivity contribution in [3.8, 4) is 10.6 Å². The minimum atomic E-state index is -0.394. The van der Waals surface area contributed by atoms with Crippen LogP contribution in [0.15, 0.2) is 42.5 Å². The molecule has 0 bridgehead atoms. The van der Waals surface area contributed by atoms with Crippen molar-refractivity contribution in [2.24, 2.45) is 0 Å². The smallest absolute Gasteiger partial charge is 0.146 e. The zero-order valence-corrected chi connectivity index (χ0v) is 9.67. The number of nitrogen functional groups attached to an aromatic ring is 1. The molecular formula is C13H9FN2S. The molecule has 0 saturated heterocycles. The third kappa shape index (κ3) is 1.76. The minimum absolute atomic E-state index is 0.154. The first-order valence-corrected chi connectivity index (χ1v) is 5.96. The van der Waals surface area contributed by atoms with Gasteiger partial charge in [0.1, 0.15) is 10.8 Å². The summed E-state index contributed by atoms with van der Waals surface area (Å²) >= 11 is 1.58. The van der Waals surface area contributed by atoms with Crippen LogP contribution in [-0.2, 0) is 0 Å². The first-order valence-electron chi connectivity index (χ1n) is 5.15. The fraction of sp³-hybridized carbons (Fsp3) is 0. The number of halogens is 1. The van der Waals surface area contributed by atoms with Gasteiger partial charge in [-0.3, -0.25) is 0 Å². The predicted octanol–water partition coefficient (Wildman–Crippen LogP) is 3.68. The number of aromatic nitrogens is 1. The lowest BCUT2D eigenvalue weighted by molar-refractivity contribution is 0.632. The molecule has 0 saturated carbocycles. The Morgan fingerprint density at radius 2 is 1.94 bits per heavy atom. The summed E-state index contributed by atoms with van der Waals surface area (Å²) in [6.07, 6.45) is 0. The van der Waals surface area contributed by atoms with E-state index in [1.807, 2.05) is 24.3 Å². The van der Waals surface area contributed by atoms with Gasteiger partial charge in [0.05, 0.1) is 15.9 Å². The number of rotatable bonds is 1. The maximum Gasteiger partial charge on any atom is 0.146 e. The van der Waals surface area contributed by atoms with E-state index < -0.39 is 5.82 Å². The van der Waals surface area contributed by atoms with E-state index in [9.17, 15) is 4.39 Å². The Morgan fingerprint density at radius 1 is 1.12 bits per heavy atom. The van der Waals surface area contributed by atoms with Gasteiger partial charge >= 0.3 is 0 Å². The summed E-state index contributed by atoms with van der Waals surface area (Å²) in [7, 11) is 0. The van der Waals surface area contributed by atoms with Crippen molar-refractivity contribution < 1.29 is 4.39 Å². The van der Waals surface area contributed by atoms with E-state index in [-0.39, 0.29) is 5.69 Å². The van der Waals surface area contributed by atoms with E-state index >= 15 is 0 Å². The fourth-order valence-corrected chi connectivity index (χ4v) is 2.63. The van der Waals surface area contributed by atoms with Crippen LogP contribution in [0.4, 0.5) is 10.1 Å². The molecule has 0 spiro atoms. The molecule has 2 N–H and O–H groups in total. The average molecular weight is 244 g/mol. The van der Waals surface area contributed by atoms with Crippen LogP contribution in [0.1, 0.15) is 0 Å². The zero-order valence-electron chi connectivity index (χ0n) is 8.85. The monoisotopic (exact) mass is 244 g/mol. The highest BCUT2D eigenvalue weighted by Crippen LogP contribution is 2.31. The summed E-state index contributed by atoms with van der Waals surface area (Å²) < 4.78 is 14.2. The molecule has 0 unspecified atom stereocenters. The average Bonchev–Trinajstić information content (AvgIpc) is 2.76. The predicted molar refractivity (Wildman–Crippen MR) is 69.4 cm³/mol. The zero-order chi connectivity index (χ0) is 11.8. The second-order valence-electron chi connectivity index (χ2n) is 3.72. The molecule has 0 amide bonds. The molecule has 0 atom stereocenters. The Labute approximate surface area is 102 Å². The minimum Gasteiger partial charge on any atom is -0.396 e. The molecule has 1 heterocycles. The summed E-state index contributed by atoms with van der Waals surface area (Å²) in [6.45, 7) is 0. The van der Waals surface area contributed by atoms with Gasteiger partial charge in [0, 0.05) is 5.56 Å². The lowest BCUT2D eigenvalue weighted by atomic mass is 10.2. The second kappa shape index (κ2) is 3.82. The molecule has 17 heavy (non-hydrogen) atoms. The van der Waals surface area contributed by atoms with Crippen LogP contribution in [-0.4, -0.2) is 4.98 Å². The van der Waals surface area contributed by atoms with Crippen molar-refractivity contribution >= 4 is 27.2 Å². The van der Waals surface area contributed by atoms with Gasteiger partial charge < -0.3 is 5.73 Å². The van der Waals surface area contributed by atoms with E-state index in [0.717, 1.165) is 20.8 Å². The molecule has 0 fully saturated rings. The lowest BCUT2D eigenvalue weighted by Crippen LogP contribution is -1.90. The third-order valence-electron chi connectivity index (χ3n) is 2.54. The van der Waals surface area contributed by atoms with E-state index in [1.54, 1.807) is 23.5 Å². The van der Waals surface area contributed by atoms with Gasteiger partial charge in [-0.25, -0.2) is 9.37 Å². The number of para-hydroxylation sites is 1. The van der Waals surface area contributed by atoms with E-state index in [4.69, 9.17) is 5.73 Å². The highest BCUT2D eigenvalue weighted by atomic mass is 32.1. The van der Waals surface area contributed by atoms with Crippen molar-refractivity contribution in [2.75, 3.05) is 5.73 Å². The van der Waals surface area contributed by atoms with Crippen LogP contribution in [0, 0.1) is 5.82 Å². The second-order valence-corrected chi connectivity index (χ2v) is 4.75. The van der Waals surface area contributed by atoms with Crippen LogP contribution >= 0.6 is 11.3 Å². The largest absolute Gasteiger partial charge is 0.396 e. The summed E-state index contributed by atoms with van der Waals surface area (Å²) in [4.78, 5) is 4.49. The van der Waals surface area contributed by atoms with E-state index in [0.29, 0.717) is 0 Å². The molecule has 2 nitrogen and oxygen atoms in total. The molecule has 0 aliphatic heterocycles. The number of hydrogen-bond acceptors (Lipinski definition) is 3. The van der Waals surface area contributed by atoms with Crippen LogP contribution < -0.4 is 5.73 Å². The first kappa shape index (κ1) is 10.2. The van der Waals surface area contributed by atoms with Crippen molar-refractivity contribution in [2.45, 2.75) is 0 Å². The van der Waals surface area contributed by atoms with Gasteiger partial charge in [0.15, 0.2) is 0 Å². The first-order chi connectivity index (χ1) is 8.24. The van der Waals surface area contributed by atoms with Crippen molar-refractivity contribution in [1.82, 2.24) is 4.98 Å². The number of fused-ring (bicyclic) bond motifs is 1. The van der Waals surface area contributed by atoms with Crippen LogP contribution in [0.3, 0.4) is 0 Å². The van der Waals surface area contributed by atoms with Crippen molar-refractivity contribution in [1.29, 1.82) is 0 Å². The molecule has 0 aliphatic carbocycles. The Balaban J connectivity index is 2.17. The number of nitrogens with two attached hydrogens (primary N) is 1. The molecule has 0 aliphatic rings. The summed E-state index contributed by atoms with van der Waals surface area (Å²) in [5.41, 5.74) is 7.51. The normalized spacial score (nSPS) is 10.9. The Kier molecular flexibility index (Phi) is 2.30. The quantitative estimate of drug-likeness (QED) is 0.663. The van der Waals surface area contributed by atoms with E-state index in [2.05, 4.69) is 4.98 Å². The molecule has 0 radical (unpaired) electrons. The molecule has 1 aromatic heterocycles. The van der Waals surface area contributed by atoms with Crippen molar-refractivity contribution in [3.05, 3.63) is 48.3 Å². The van der Waals surface area contributed by atoms with Gasteiger partial charge in [-0.2, -0.15) is 0 Å². The summed E-state index contributed by atoms with van der Waals surface area (Å²) in [5, 5.41) is 0.859. The standard InChI is InChI=1S/C13H9FN2S/c14-9-6-5-8(7-10(9)15)13-16-11-3-1-2-4-12(11)17-13/h1-7H,15H2. The SMILES string of the molecule is Nc1cc(-c2nc3ccccc3s2)ccc1F. The Hall–Kier alpha value is -1.94. The Bertz CT molecular complexity index is 658. The lowest BCUT2D eigenvalue weighted by Gasteiger charge is -1.99. The van der Waals surface area contributed by atoms with Gasteiger partial charge in [0.25, 0.3) is 0 Å². The maximum absolute atomic E-state index is 13.1.